The van der Waals surface area contributed by atoms with Crippen LogP contribution >= 0.6 is 24.8 Å². The SMILES string of the molecule is CC(=O)N1C[C@@H](O)[C@H](O)[C@@H](C(F)F)C1.Cl.Cl.O=C(c1ccccc1)N1C[C@@H](O)[C@H](O)[C@@H](C(F)F)C1.O=[N+]([O-])c1ccccc1CN1C[C@H](CO)[C@@H](O)[C@H](O)C1.OC(c1cc(F)cc(F)c1)[C@H]1CNC[C@@H](O)[C@@H]1O.OC[C@@H]1[C@@H](O)[C@H](O)CN[C@H]1Cc1ccc(F)cc1F.OC[C@H]1CNC[C@@H](O)[C@@H]1O.O[C@H]1[C@H](O)CNC[C@@H]1C(F)c1cc(F)cc(F)c1. The Balaban J connectivity index is 0.000000296. The lowest BCUT2D eigenvalue weighted by Crippen LogP contribution is -2.58. The molecule has 0 radical (unpaired) electrons. The second-order valence-corrected chi connectivity index (χ2v) is 29.7. The van der Waals surface area contributed by atoms with Crippen molar-refractivity contribution in [2.45, 2.75) is 137 Å². The second kappa shape index (κ2) is 50.9. The van der Waals surface area contributed by atoms with Gasteiger partial charge in [-0.3, -0.25) is 24.6 Å². The molecule has 0 aliphatic carbocycles. The molecule has 0 aromatic heterocycles. The number of rotatable bonds is 15. The van der Waals surface area contributed by atoms with Gasteiger partial charge in [-0.2, -0.15) is 0 Å². The van der Waals surface area contributed by atoms with E-state index in [0.29, 0.717) is 55.0 Å². The van der Waals surface area contributed by atoms with Crippen molar-refractivity contribution in [1.82, 2.24) is 36.0 Å². The summed E-state index contributed by atoms with van der Waals surface area (Å²) in [5, 5.41) is 193. The highest BCUT2D eigenvalue weighted by atomic mass is 35.5. The normalized spacial score (nSPS) is 30.4. The van der Waals surface area contributed by atoms with Gasteiger partial charge in [0.05, 0.1) is 108 Å². The summed E-state index contributed by atoms with van der Waals surface area (Å²) >= 11 is 0. The molecule has 7 fully saturated rings. The summed E-state index contributed by atoms with van der Waals surface area (Å²) in [6.45, 7) is 2.80. The van der Waals surface area contributed by atoms with Crippen molar-refractivity contribution < 1.29 is 155 Å². The predicted molar refractivity (Wildman–Crippen MR) is 411 cm³/mol. The van der Waals surface area contributed by atoms with E-state index in [2.05, 4.69) is 21.3 Å². The number of halogens is 13. The van der Waals surface area contributed by atoms with Crippen molar-refractivity contribution in [2.24, 2.45) is 41.4 Å². The van der Waals surface area contributed by atoms with Crippen LogP contribution in [0.3, 0.4) is 0 Å². The van der Waals surface area contributed by atoms with Crippen LogP contribution in [0.5, 0.6) is 0 Å². The number of carbonyl (C=O) groups excluding carboxylic acids is 2. The largest absolute Gasteiger partial charge is 0.396 e. The summed E-state index contributed by atoms with van der Waals surface area (Å²) in [6.07, 6.45) is -23.8. The Labute approximate surface area is 695 Å². The number of alkyl halides is 5. The first-order valence-corrected chi connectivity index (χ1v) is 37.7. The molecule has 0 bridgehead atoms. The maximum Gasteiger partial charge on any atom is 0.273 e. The van der Waals surface area contributed by atoms with Crippen LogP contribution in [0.15, 0.2) is 109 Å². The molecule has 7 aliphatic heterocycles. The van der Waals surface area contributed by atoms with Crippen LogP contribution in [0.2, 0.25) is 0 Å². The first kappa shape index (κ1) is 106. The first-order valence-electron chi connectivity index (χ1n) is 37.7. The number of aliphatic hydroxyl groups excluding tert-OH is 18. The predicted octanol–water partition coefficient (Wildman–Crippen LogP) is -0.633. The van der Waals surface area contributed by atoms with Crippen molar-refractivity contribution in [3.05, 3.63) is 182 Å². The average Bonchev–Trinajstić information content (AvgIpc) is 0.821. The lowest BCUT2D eigenvalue weighted by Gasteiger charge is -2.38. The van der Waals surface area contributed by atoms with Crippen molar-refractivity contribution >= 4 is 42.3 Å². The zero-order chi connectivity index (χ0) is 87.7. The highest BCUT2D eigenvalue weighted by Gasteiger charge is 2.45. The van der Waals surface area contributed by atoms with E-state index >= 15 is 0 Å². The van der Waals surface area contributed by atoms with Gasteiger partial charge in [0.25, 0.3) is 11.6 Å². The van der Waals surface area contributed by atoms with Crippen LogP contribution in [-0.4, -0.2) is 333 Å². The summed E-state index contributed by atoms with van der Waals surface area (Å²) < 4.78 is 143. The van der Waals surface area contributed by atoms with E-state index in [9.17, 15) is 150 Å². The van der Waals surface area contributed by atoms with Gasteiger partial charge in [-0.05, 0) is 65.6 Å². The third kappa shape index (κ3) is 30.6. The van der Waals surface area contributed by atoms with Gasteiger partial charge in [0.1, 0.15) is 41.1 Å². The number of amides is 2. The van der Waals surface area contributed by atoms with Crippen molar-refractivity contribution in [3.63, 3.8) is 0 Å². The molecule has 0 spiro atoms. The van der Waals surface area contributed by atoms with E-state index in [4.69, 9.17) is 10.2 Å². The quantitative estimate of drug-likeness (QED) is 0.0352. The smallest absolute Gasteiger partial charge is 0.273 e. The van der Waals surface area contributed by atoms with Crippen molar-refractivity contribution in [2.75, 3.05) is 105 Å². The Hall–Kier alpha value is -6.67. The number of nitro benzene ring substituents is 1. The maximum atomic E-state index is 14.2. The number of β-amino-alcohol motifs (C(OH)–C–C–N with tert-alkyl or cyclic N) is 7. The number of hydrogen-bond acceptors (Lipinski definition) is 27. The summed E-state index contributed by atoms with van der Waals surface area (Å²) in [5.41, 5.74) is 1.14. The summed E-state index contributed by atoms with van der Waals surface area (Å²) in [6, 6.07) is 22.8. The number of carbonyl (C=O) groups is 2. The van der Waals surface area contributed by atoms with E-state index in [1.807, 2.05) is 0 Å². The number of aliphatic hydroxyl groups is 18. The van der Waals surface area contributed by atoms with Gasteiger partial charge < -0.3 is 123 Å². The third-order valence-corrected chi connectivity index (χ3v) is 21.2. The van der Waals surface area contributed by atoms with Crippen LogP contribution in [0.25, 0.3) is 0 Å². The molecular weight excluding hydrogens is 1670 g/mol. The zero-order valence-corrected chi connectivity index (χ0v) is 66.2. The number of nitro groups is 1. The van der Waals surface area contributed by atoms with Crippen LogP contribution < -0.4 is 21.3 Å². The molecule has 12 rings (SSSR count). The number of benzene rings is 5. The van der Waals surface area contributed by atoms with E-state index in [0.717, 1.165) is 40.1 Å². The molecule has 7 heterocycles. The lowest BCUT2D eigenvalue weighted by atomic mass is 9.84. The first-order chi connectivity index (χ1) is 55.7. The molecule has 678 valence electrons. The molecule has 7 aliphatic rings. The molecule has 24 atom stereocenters. The fraction of sp³-hybridized carbons (Fsp3) is 0.584. The molecule has 5 aromatic carbocycles. The topological polar surface area (TPSA) is 499 Å². The summed E-state index contributed by atoms with van der Waals surface area (Å²) in [5.74, 6) is -11.1. The number of piperidine rings is 7. The van der Waals surface area contributed by atoms with E-state index in [1.54, 1.807) is 53.4 Å². The molecule has 120 heavy (non-hydrogen) atoms. The van der Waals surface area contributed by atoms with Gasteiger partial charge in [-0.25, -0.2) is 48.3 Å². The summed E-state index contributed by atoms with van der Waals surface area (Å²) in [4.78, 5) is 37.6. The molecule has 22 N–H and O–H groups in total. The molecule has 2 amide bonds. The maximum absolute atomic E-state index is 14.2. The molecular formula is C77H107Cl2F11N8O22. The molecule has 43 heteroatoms. The highest BCUT2D eigenvalue weighted by molar-refractivity contribution is 5.94. The van der Waals surface area contributed by atoms with E-state index in [-0.39, 0.29) is 151 Å². The second-order valence-electron chi connectivity index (χ2n) is 29.7. The van der Waals surface area contributed by atoms with E-state index < -0.39 is 192 Å². The minimum Gasteiger partial charge on any atom is -0.396 e. The third-order valence-electron chi connectivity index (χ3n) is 21.2. The Morgan fingerprint density at radius 3 is 1.41 bits per heavy atom. The number of nitrogens with one attached hydrogen (secondary N) is 4. The number of nitrogens with zero attached hydrogens (tertiary/aromatic N) is 4. The minimum atomic E-state index is -2.78. The molecule has 30 nitrogen and oxygen atoms in total. The van der Waals surface area contributed by atoms with Gasteiger partial charge in [0.15, 0.2) is 0 Å². The Kier molecular flexibility index (Phi) is 44.9. The lowest BCUT2D eigenvalue weighted by molar-refractivity contribution is -0.385. The number of hydrogen-bond donors (Lipinski definition) is 22. The van der Waals surface area contributed by atoms with Gasteiger partial charge in [-0.15, -0.1) is 24.8 Å². The van der Waals surface area contributed by atoms with Crippen LogP contribution in [0, 0.1) is 86.4 Å². The highest BCUT2D eigenvalue weighted by Crippen LogP contribution is 2.34. The Bertz CT molecular complexity index is 3780. The summed E-state index contributed by atoms with van der Waals surface area (Å²) in [7, 11) is 0. The van der Waals surface area contributed by atoms with Crippen LogP contribution in [0.1, 0.15) is 51.8 Å². The van der Waals surface area contributed by atoms with Crippen molar-refractivity contribution in [1.29, 1.82) is 0 Å². The fourth-order valence-corrected chi connectivity index (χ4v) is 14.3. The fourth-order valence-electron chi connectivity index (χ4n) is 14.3. The molecule has 5 aromatic rings. The molecule has 2 unspecified atom stereocenters. The van der Waals surface area contributed by atoms with Gasteiger partial charge in [-0.1, -0.05) is 42.5 Å². The number of likely N-dealkylation sites (tertiary alicyclic amines) is 3. The Morgan fingerprint density at radius 2 is 0.908 bits per heavy atom. The van der Waals surface area contributed by atoms with Crippen LogP contribution in [-0.2, 0) is 17.8 Å². The average molecular weight is 1780 g/mol. The van der Waals surface area contributed by atoms with E-state index in [1.165, 1.54) is 25.1 Å². The van der Waals surface area contributed by atoms with Gasteiger partial charge in [0, 0.05) is 189 Å². The molecule has 7 saturated heterocycles. The van der Waals surface area contributed by atoms with Crippen LogP contribution in [0.4, 0.5) is 54.0 Å². The minimum absolute atomic E-state index is 0. The standard InChI is InChI=1S/C13H17F2NO3.C13H15F2NO3.C13H18N2O5.C12H14F3NO2.C12H15F2NO3.C8H13F2NO3.C6H13NO3.2ClH/c14-8-2-1-7(10(15)4-8)3-11-9(6-17)13(19)12(18)5-16-11;14-12(15)9-6-16(7-10(17)11(9)18)13(19)8-4-2-1-3-5-8;16-8-10-6-14(7-12(17)13(10)18)5-9-3-1-2-4-11(9)15(19)20;13-7-1-6(2-8(14)3-7)11(15)9-4-16-5-10(17)12(9)18;13-7-1-6(2-8(14)3-7)11(17)9-4-15-5-10(16)12(9)18;1-4(12)11-2-5(8(9)10)7(14)6(13)3-11;8-3-4-1-7-2-5(9)6(4)10;;/h1-2,4,9,11-13,16-19H,3,5-6H2;1-5,9-12,17-18H,6-7H2;1-4,10,12-13,16-18H,5-8H2;1-3,9-12,16-18H,4-5H2;1-3,9-12,15-18H,4-5H2;5-8,13-14H,2-3H2,1H3;4-10H,1-3H2;2*1H/t9-,11-,12+,13+;9-,10+,11+;10-,12-,13-;2*9-,10-,11?,12-;5-,6+,7+;4-,5-,6-;;/m0011101../s1. The van der Waals surface area contributed by atoms with Crippen molar-refractivity contribution in [3.8, 4) is 0 Å². The number of para-hydroxylation sites is 1. The zero-order valence-electron chi connectivity index (χ0n) is 64.6. The Morgan fingerprint density at radius 1 is 0.458 bits per heavy atom. The van der Waals surface area contributed by atoms with Gasteiger partial charge >= 0.3 is 0 Å². The molecule has 0 saturated carbocycles. The monoisotopic (exact) mass is 1770 g/mol. The van der Waals surface area contributed by atoms with Gasteiger partial charge in [0.2, 0.25) is 18.8 Å².